The first-order valence-corrected chi connectivity index (χ1v) is 10.1. The monoisotopic (exact) mass is 352 g/mol. The Bertz CT molecular complexity index is 700. The number of hydrogen-bond acceptors (Lipinski definition) is 3. The van der Waals surface area contributed by atoms with Gasteiger partial charge in [-0.15, -0.1) is 0 Å². The number of aryl methyl sites for hydroxylation is 1. The van der Waals surface area contributed by atoms with Crippen LogP contribution in [0.3, 0.4) is 0 Å². The van der Waals surface area contributed by atoms with Gasteiger partial charge in [-0.3, -0.25) is 4.79 Å². The SMILES string of the molecule is CC[C@H](C)NC(=O)c1cc(S(=O)(=O)N2CCCC[C@H]2C)ccc1C. The minimum Gasteiger partial charge on any atom is -0.350 e. The maximum absolute atomic E-state index is 13.0. The number of nitrogens with zero attached hydrogens (tertiary/aromatic N) is 1. The minimum atomic E-state index is -3.56. The highest BCUT2D eigenvalue weighted by Crippen LogP contribution is 2.26. The number of benzene rings is 1. The van der Waals surface area contributed by atoms with Crippen molar-refractivity contribution in [2.75, 3.05) is 6.54 Å². The summed E-state index contributed by atoms with van der Waals surface area (Å²) in [6.07, 6.45) is 3.65. The molecule has 1 aliphatic rings. The molecule has 24 heavy (non-hydrogen) atoms. The summed E-state index contributed by atoms with van der Waals surface area (Å²) in [5.74, 6) is -0.217. The van der Waals surface area contributed by atoms with Gasteiger partial charge in [-0.05, 0) is 57.7 Å². The number of carbonyl (C=O) groups excluding carboxylic acids is 1. The van der Waals surface area contributed by atoms with Gasteiger partial charge < -0.3 is 5.32 Å². The molecule has 134 valence electrons. The Kier molecular flexibility index (Phi) is 6.04. The van der Waals surface area contributed by atoms with Crippen LogP contribution in [0.2, 0.25) is 0 Å². The van der Waals surface area contributed by atoms with Gasteiger partial charge in [0.2, 0.25) is 10.0 Å². The van der Waals surface area contributed by atoms with Crippen molar-refractivity contribution in [3.8, 4) is 0 Å². The molecule has 1 fully saturated rings. The Morgan fingerprint density at radius 1 is 1.38 bits per heavy atom. The molecule has 1 aromatic rings. The molecule has 0 unspecified atom stereocenters. The van der Waals surface area contributed by atoms with Crippen LogP contribution >= 0.6 is 0 Å². The smallest absolute Gasteiger partial charge is 0.251 e. The van der Waals surface area contributed by atoms with Crippen molar-refractivity contribution in [3.63, 3.8) is 0 Å². The van der Waals surface area contributed by atoms with E-state index in [1.165, 1.54) is 6.07 Å². The zero-order valence-corrected chi connectivity index (χ0v) is 15.8. The molecule has 1 N–H and O–H groups in total. The Hall–Kier alpha value is -1.40. The second-order valence-corrected chi connectivity index (χ2v) is 8.61. The van der Waals surface area contributed by atoms with Crippen LogP contribution < -0.4 is 5.32 Å². The predicted molar refractivity (Wildman–Crippen MR) is 95.6 cm³/mol. The highest BCUT2D eigenvalue weighted by molar-refractivity contribution is 7.89. The lowest BCUT2D eigenvalue weighted by molar-refractivity contribution is 0.0938. The first-order chi connectivity index (χ1) is 11.3. The lowest BCUT2D eigenvalue weighted by atomic mass is 10.1. The number of rotatable bonds is 5. The highest BCUT2D eigenvalue weighted by atomic mass is 32.2. The molecule has 0 bridgehead atoms. The lowest BCUT2D eigenvalue weighted by Crippen LogP contribution is -2.42. The van der Waals surface area contributed by atoms with E-state index in [0.717, 1.165) is 31.2 Å². The summed E-state index contributed by atoms with van der Waals surface area (Å²) >= 11 is 0. The normalized spacial score (nSPS) is 20.6. The predicted octanol–water partition coefficient (Wildman–Crippen LogP) is 3.09. The van der Waals surface area contributed by atoms with Gasteiger partial charge in [-0.25, -0.2) is 8.42 Å². The molecule has 2 atom stereocenters. The van der Waals surface area contributed by atoms with Gasteiger partial charge in [-0.2, -0.15) is 4.31 Å². The molecule has 0 aliphatic carbocycles. The molecule has 0 radical (unpaired) electrons. The fourth-order valence-electron chi connectivity index (χ4n) is 2.97. The number of piperidine rings is 1. The summed E-state index contributed by atoms with van der Waals surface area (Å²) in [6.45, 7) is 8.25. The molecule has 1 aromatic carbocycles. The molecule has 1 amide bonds. The first kappa shape index (κ1) is 18.9. The summed E-state index contributed by atoms with van der Waals surface area (Å²) in [5.41, 5.74) is 1.21. The molecule has 6 heteroatoms. The van der Waals surface area contributed by atoms with Crippen LogP contribution in [0.15, 0.2) is 23.1 Å². The number of sulfonamides is 1. The molecule has 1 aliphatic heterocycles. The van der Waals surface area contributed by atoms with Crippen LogP contribution in [-0.2, 0) is 10.0 Å². The van der Waals surface area contributed by atoms with Gasteiger partial charge in [0, 0.05) is 24.2 Å². The molecular formula is C18H28N2O3S. The number of carbonyl (C=O) groups is 1. The van der Waals surface area contributed by atoms with Crippen molar-refractivity contribution in [2.24, 2.45) is 0 Å². The van der Waals surface area contributed by atoms with Crippen LogP contribution in [0.4, 0.5) is 0 Å². The van der Waals surface area contributed by atoms with Crippen LogP contribution in [-0.4, -0.2) is 37.3 Å². The second-order valence-electron chi connectivity index (χ2n) is 6.72. The highest BCUT2D eigenvalue weighted by Gasteiger charge is 2.31. The van der Waals surface area contributed by atoms with Crippen molar-refractivity contribution in [1.29, 1.82) is 0 Å². The fraction of sp³-hybridized carbons (Fsp3) is 0.611. The standard InChI is InChI=1S/C18H28N2O3S/c1-5-14(3)19-18(21)17-12-16(10-9-13(17)2)24(22,23)20-11-7-6-8-15(20)4/h9-10,12,14-15H,5-8,11H2,1-4H3,(H,19,21)/t14-,15+/m0/s1. The minimum absolute atomic E-state index is 0.00226. The summed E-state index contributed by atoms with van der Waals surface area (Å²) in [6, 6.07) is 4.89. The van der Waals surface area contributed by atoms with E-state index in [-0.39, 0.29) is 22.9 Å². The lowest BCUT2D eigenvalue weighted by Gasteiger charge is -2.32. The van der Waals surface area contributed by atoms with Crippen molar-refractivity contribution in [3.05, 3.63) is 29.3 Å². The van der Waals surface area contributed by atoms with E-state index < -0.39 is 10.0 Å². The van der Waals surface area contributed by atoms with Gasteiger partial charge in [0.1, 0.15) is 0 Å². The fourth-order valence-corrected chi connectivity index (χ4v) is 4.70. The van der Waals surface area contributed by atoms with E-state index in [9.17, 15) is 13.2 Å². The third-order valence-corrected chi connectivity index (χ3v) is 6.80. The van der Waals surface area contributed by atoms with Crippen molar-refractivity contribution < 1.29 is 13.2 Å². The van der Waals surface area contributed by atoms with Crippen molar-refractivity contribution in [2.45, 2.75) is 70.4 Å². The average molecular weight is 353 g/mol. The maximum Gasteiger partial charge on any atom is 0.251 e. The van der Waals surface area contributed by atoms with E-state index in [0.29, 0.717) is 12.1 Å². The molecule has 2 rings (SSSR count). The Balaban J connectivity index is 2.34. The van der Waals surface area contributed by atoms with Gasteiger partial charge in [-0.1, -0.05) is 19.4 Å². The first-order valence-electron chi connectivity index (χ1n) is 8.70. The Labute approximate surface area is 145 Å². The van der Waals surface area contributed by atoms with E-state index in [4.69, 9.17) is 0 Å². The molecule has 0 saturated carbocycles. The molecule has 0 spiro atoms. The summed E-state index contributed by atoms with van der Waals surface area (Å²) in [4.78, 5) is 12.6. The number of amides is 1. The third kappa shape index (κ3) is 3.98. The van der Waals surface area contributed by atoms with Crippen molar-refractivity contribution >= 4 is 15.9 Å². The average Bonchev–Trinajstić information content (AvgIpc) is 2.55. The molecular weight excluding hydrogens is 324 g/mol. The Morgan fingerprint density at radius 2 is 2.08 bits per heavy atom. The molecule has 5 nitrogen and oxygen atoms in total. The molecule has 1 heterocycles. The van der Waals surface area contributed by atoms with E-state index in [2.05, 4.69) is 5.32 Å². The van der Waals surface area contributed by atoms with E-state index in [1.54, 1.807) is 16.4 Å². The zero-order valence-electron chi connectivity index (χ0n) is 15.0. The van der Waals surface area contributed by atoms with E-state index >= 15 is 0 Å². The van der Waals surface area contributed by atoms with Crippen LogP contribution in [0.25, 0.3) is 0 Å². The quantitative estimate of drug-likeness (QED) is 0.885. The second kappa shape index (κ2) is 7.66. The third-order valence-electron chi connectivity index (χ3n) is 4.79. The summed E-state index contributed by atoms with van der Waals surface area (Å²) < 4.78 is 27.5. The van der Waals surface area contributed by atoms with Crippen LogP contribution in [0.1, 0.15) is 62.4 Å². The van der Waals surface area contributed by atoms with E-state index in [1.807, 2.05) is 27.7 Å². The van der Waals surface area contributed by atoms with Crippen molar-refractivity contribution in [1.82, 2.24) is 9.62 Å². The summed E-state index contributed by atoms with van der Waals surface area (Å²) in [7, 11) is -3.56. The molecule has 1 saturated heterocycles. The van der Waals surface area contributed by atoms with Gasteiger partial charge in [0.05, 0.1) is 4.90 Å². The number of nitrogens with one attached hydrogen (secondary N) is 1. The zero-order chi connectivity index (χ0) is 17.9. The van der Waals surface area contributed by atoms with Crippen LogP contribution in [0, 0.1) is 6.92 Å². The Morgan fingerprint density at radius 3 is 2.71 bits per heavy atom. The van der Waals surface area contributed by atoms with Crippen LogP contribution in [0.5, 0.6) is 0 Å². The molecule has 0 aromatic heterocycles. The maximum atomic E-state index is 13.0. The topological polar surface area (TPSA) is 66.5 Å². The summed E-state index contributed by atoms with van der Waals surface area (Å²) in [5, 5.41) is 2.91. The van der Waals surface area contributed by atoms with Gasteiger partial charge in [0.25, 0.3) is 5.91 Å². The largest absolute Gasteiger partial charge is 0.350 e. The van der Waals surface area contributed by atoms with Gasteiger partial charge >= 0.3 is 0 Å². The number of hydrogen-bond donors (Lipinski definition) is 1. The van der Waals surface area contributed by atoms with Gasteiger partial charge in [0.15, 0.2) is 0 Å².